The van der Waals surface area contributed by atoms with Crippen molar-refractivity contribution in [1.29, 1.82) is 0 Å². The van der Waals surface area contributed by atoms with Gasteiger partial charge in [0.2, 0.25) is 0 Å². The van der Waals surface area contributed by atoms with Crippen molar-refractivity contribution >= 4 is 55.8 Å². The van der Waals surface area contributed by atoms with E-state index in [0.717, 1.165) is 23.3 Å². The zero-order chi connectivity index (χ0) is 24.5. The van der Waals surface area contributed by atoms with E-state index in [2.05, 4.69) is 15.6 Å². The van der Waals surface area contributed by atoms with Crippen LogP contribution in [0.3, 0.4) is 0 Å². The second-order valence-electron chi connectivity index (χ2n) is 7.79. The van der Waals surface area contributed by atoms with Gasteiger partial charge in [0, 0.05) is 19.1 Å². The van der Waals surface area contributed by atoms with Crippen LogP contribution in [-0.2, 0) is 16.2 Å². The topological polar surface area (TPSA) is 90.9 Å². The molecular formula is C21H22ClF3N5O2S2+. The minimum Gasteiger partial charge on any atom is -0.368 e. The fraction of sp³-hybridized carbons (Fsp3) is 0.286. The summed E-state index contributed by atoms with van der Waals surface area (Å²) < 4.78 is 66.5. The summed E-state index contributed by atoms with van der Waals surface area (Å²) in [6, 6.07) is 7.85. The molecule has 1 atom stereocenters. The van der Waals surface area contributed by atoms with Crippen LogP contribution < -0.4 is 20.3 Å². The molecule has 13 heteroatoms. The number of nitrogens with two attached hydrogens (primary N) is 1. The van der Waals surface area contributed by atoms with Crippen LogP contribution in [-0.4, -0.2) is 39.6 Å². The second kappa shape index (κ2) is 9.70. The van der Waals surface area contributed by atoms with Gasteiger partial charge in [-0.25, -0.2) is 0 Å². The minimum absolute atomic E-state index is 0.0138. The zero-order valence-corrected chi connectivity index (χ0v) is 20.3. The predicted octanol–water partition coefficient (Wildman–Crippen LogP) is 3.94. The summed E-state index contributed by atoms with van der Waals surface area (Å²) in [6.45, 7) is 1.16. The van der Waals surface area contributed by atoms with E-state index in [1.807, 2.05) is 11.9 Å². The molecule has 1 aromatic heterocycles. The molecule has 1 saturated heterocycles. The highest BCUT2D eigenvalue weighted by Gasteiger charge is 2.33. The normalized spacial score (nSPS) is 16.7. The first-order valence-corrected chi connectivity index (χ1v) is 13.1. The third kappa shape index (κ3) is 5.47. The van der Waals surface area contributed by atoms with E-state index in [1.165, 1.54) is 41.1 Å². The summed E-state index contributed by atoms with van der Waals surface area (Å²) in [6.07, 6.45) is -3.67. The Bertz CT molecular complexity index is 1270. The molecule has 34 heavy (non-hydrogen) atoms. The van der Waals surface area contributed by atoms with E-state index in [4.69, 9.17) is 11.6 Å². The highest BCUT2D eigenvalue weighted by molar-refractivity contribution is 7.85. The van der Waals surface area contributed by atoms with Gasteiger partial charge in [0.05, 0.1) is 38.5 Å². The minimum atomic E-state index is -4.48. The number of likely N-dealkylation sites (N-methyl/N-ethyl adjacent to an activating group) is 1. The molecule has 1 fully saturated rings. The molecule has 3 aromatic rings. The van der Waals surface area contributed by atoms with Gasteiger partial charge < -0.3 is 15.5 Å². The number of hydrogen-bond acceptors (Lipinski definition) is 7. The quantitative estimate of drug-likeness (QED) is 0.427. The number of alkyl halides is 3. The van der Waals surface area contributed by atoms with Crippen molar-refractivity contribution in [2.24, 2.45) is 0 Å². The van der Waals surface area contributed by atoms with Gasteiger partial charge >= 0.3 is 16.2 Å². The summed E-state index contributed by atoms with van der Waals surface area (Å²) in [7, 11) is -1.96. The number of aromatic nitrogens is 1. The first-order chi connectivity index (χ1) is 16.1. The number of sulfonamides is 1. The molecule has 0 spiro atoms. The Balaban J connectivity index is 1.63. The Hall–Kier alpha value is -2.38. The molecule has 1 unspecified atom stereocenters. The summed E-state index contributed by atoms with van der Waals surface area (Å²) in [5, 5.41) is 7.96. The van der Waals surface area contributed by atoms with Crippen molar-refractivity contribution in [2.45, 2.75) is 23.5 Å². The number of anilines is 3. The van der Waals surface area contributed by atoms with Crippen LogP contribution in [0.2, 0.25) is 5.02 Å². The molecule has 0 bridgehead atoms. The van der Waals surface area contributed by atoms with Crippen molar-refractivity contribution in [3.63, 3.8) is 0 Å². The number of hydrogen-bond donors (Lipinski definition) is 3. The van der Waals surface area contributed by atoms with Crippen LogP contribution in [0.1, 0.15) is 12.0 Å². The first kappa shape index (κ1) is 24.7. The van der Waals surface area contributed by atoms with Crippen LogP contribution in [0.5, 0.6) is 0 Å². The van der Waals surface area contributed by atoms with Crippen molar-refractivity contribution in [3.8, 4) is 0 Å². The Kier molecular flexibility index (Phi) is 7.06. The monoisotopic (exact) mass is 532 g/mol. The molecule has 4 N–H and O–H groups in total. The van der Waals surface area contributed by atoms with Gasteiger partial charge in [0.15, 0.2) is 0 Å². The fourth-order valence-electron chi connectivity index (χ4n) is 3.72. The maximum Gasteiger partial charge on any atom is 0.416 e. The van der Waals surface area contributed by atoms with Gasteiger partial charge in [-0.15, -0.1) is 11.3 Å². The summed E-state index contributed by atoms with van der Waals surface area (Å²) in [5.74, 6) is 0.322. The smallest absolute Gasteiger partial charge is 0.368 e. The predicted molar refractivity (Wildman–Crippen MR) is 127 cm³/mol. The van der Waals surface area contributed by atoms with E-state index < -0.39 is 21.8 Å². The van der Waals surface area contributed by atoms with Gasteiger partial charge in [0.25, 0.3) is 5.82 Å². The largest absolute Gasteiger partial charge is 0.416 e. The van der Waals surface area contributed by atoms with Gasteiger partial charge in [-0.3, -0.25) is 0 Å². The van der Waals surface area contributed by atoms with Gasteiger partial charge in [0.1, 0.15) is 4.90 Å². The molecule has 0 aliphatic carbocycles. The lowest BCUT2D eigenvalue weighted by Gasteiger charge is -2.24. The highest BCUT2D eigenvalue weighted by Crippen LogP contribution is 2.39. The van der Waals surface area contributed by atoms with E-state index in [9.17, 15) is 21.6 Å². The van der Waals surface area contributed by atoms with Gasteiger partial charge in [-0.1, -0.05) is 11.6 Å². The lowest BCUT2D eigenvalue weighted by atomic mass is 10.1. The number of benzene rings is 2. The van der Waals surface area contributed by atoms with Crippen molar-refractivity contribution in [3.05, 3.63) is 57.9 Å². The molecule has 0 amide bonds. The molecule has 0 saturated carbocycles. The number of primary sulfonamides is 1. The van der Waals surface area contributed by atoms with Gasteiger partial charge in [-0.2, -0.15) is 31.3 Å². The van der Waals surface area contributed by atoms with E-state index in [0.29, 0.717) is 36.0 Å². The van der Waals surface area contributed by atoms with E-state index in [-0.39, 0.29) is 16.0 Å². The maximum absolute atomic E-state index is 13.4. The fourth-order valence-corrected chi connectivity index (χ4v) is 5.73. The average molecular weight is 533 g/mol. The SMILES string of the molecule is CNC1CCN(c2cc(C(F)(F)F)ccc2Nc2ccc(S(=O)(=O)[NH2+]c3cscn3)cc2Cl)C1. The van der Waals surface area contributed by atoms with Crippen LogP contribution in [0.25, 0.3) is 0 Å². The van der Waals surface area contributed by atoms with E-state index >= 15 is 0 Å². The number of nitrogens with zero attached hydrogens (tertiary/aromatic N) is 2. The van der Waals surface area contributed by atoms with Gasteiger partial charge in [-0.05, 0) is 49.9 Å². The number of rotatable bonds is 7. The van der Waals surface area contributed by atoms with E-state index in [1.54, 1.807) is 5.38 Å². The van der Waals surface area contributed by atoms with Crippen LogP contribution in [0.15, 0.2) is 52.2 Å². The molecule has 0 radical (unpaired) electrons. The molecule has 182 valence electrons. The van der Waals surface area contributed by atoms with Crippen molar-refractivity contribution < 1.29 is 26.3 Å². The van der Waals surface area contributed by atoms with Crippen LogP contribution in [0, 0.1) is 0 Å². The molecular weight excluding hydrogens is 511 g/mol. The average Bonchev–Trinajstić information content (AvgIpc) is 3.46. The lowest BCUT2D eigenvalue weighted by Crippen LogP contribution is -2.81. The Morgan fingerprint density at radius 1 is 1.21 bits per heavy atom. The molecule has 7 nitrogen and oxygen atoms in total. The summed E-state index contributed by atoms with van der Waals surface area (Å²) >= 11 is 7.65. The Labute approximate surface area is 204 Å². The second-order valence-corrected chi connectivity index (χ2v) is 10.7. The number of quaternary nitrogens is 1. The number of nitrogens with one attached hydrogen (secondary N) is 2. The molecule has 2 heterocycles. The molecule has 2 aromatic carbocycles. The lowest BCUT2D eigenvalue weighted by molar-refractivity contribution is -0.401. The van der Waals surface area contributed by atoms with Crippen molar-refractivity contribution in [1.82, 2.24) is 10.3 Å². The highest BCUT2D eigenvalue weighted by atomic mass is 35.5. The first-order valence-electron chi connectivity index (χ1n) is 10.2. The number of thiazole rings is 1. The standard InChI is InChI=1S/C21H21ClF3N5O2S2/c1-26-14-6-7-30(10-14)19-8-13(21(23,24)25)2-4-18(19)28-17-5-3-15(9-16(17)22)34(31,32)29-20-11-33-12-27-20/h2-5,8-9,11-12,14,26,28-29H,6-7,10H2,1H3/p+1. The Morgan fingerprint density at radius 3 is 2.59 bits per heavy atom. The summed E-state index contributed by atoms with van der Waals surface area (Å²) in [4.78, 5) is 5.82. The number of halogens is 4. The Morgan fingerprint density at radius 2 is 1.97 bits per heavy atom. The van der Waals surface area contributed by atoms with Crippen molar-refractivity contribution in [2.75, 3.05) is 30.4 Å². The van der Waals surface area contributed by atoms with Crippen LogP contribution in [0.4, 0.5) is 36.1 Å². The maximum atomic E-state index is 13.4. The summed E-state index contributed by atoms with van der Waals surface area (Å²) in [5.41, 5.74) is 2.00. The third-order valence-corrected chi connectivity index (χ3v) is 7.91. The van der Waals surface area contributed by atoms with Crippen LogP contribution >= 0.6 is 22.9 Å². The zero-order valence-electron chi connectivity index (χ0n) is 17.9. The third-order valence-electron chi connectivity index (χ3n) is 5.53. The molecule has 1 aliphatic heterocycles. The molecule has 1 aliphatic rings. The molecule has 4 rings (SSSR count).